The first-order valence-electron chi connectivity index (χ1n) is 24.2. The lowest BCUT2D eigenvalue weighted by atomic mass is 9.85. The van der Waals surface area contributed by atoms with Gasteiger partial charge in [0.1, 0.15) is 47.2 Å². The summed E-state index contributed by atoms with van der Waals surface area (Å²) in [4.78, 5) is 68.9. The van der Waals surface area contributed by atoms with E-state index in [0.29, 0.717) is 67.7 Å². The van der Waals surface area contributed by atoms with Gasteiger partial charge in [-0.25, -0.2) is 4.98 Å². The fourth-order valence-corrected chi connectivity index (χ4v) is 10.9. The molecule has 18 heteroatoms. The molecule has 4 heterocycles. The van der Waals surface area contributed by atoms with E-state index >= 15 is 0 Å². The summed E-state index contributed by atoms with van der Waals surface area (Å²) >= 11 is 9.32. The number of unbranched alkanes of at least 4 members (excludes halogenated alkanes) is 2. The first-order chi connectivity index (χ1) is 34.4. The third kappa shape index (κ3) is 13.2. The standard InChI is InChI=1S/C54H64ClN9O6S2/c1-32-34(3)72-53-46(32)47(37-20-22-39(55)23-21-37)61-42(50(57)64(53)35(4)56)28-44(65)60-40-13-11-14-41(27-40)70-26-10-8-9-25-69-30-45(66)62-49(54(5,6)7)52(68)63-24-12-15-43(63)51(67)58-29-36-16-18-38(19-17-36)48-33(2)59-31-71-48/h11,13-14,16-23,27,31,42-43,49,56-57H,8-10,12,15,24-26,28-30H2,1-7H3,(H,58,67)(H,60,65)(H,62,66)/t42-,43-,49+/m0/s1. The van der Waals surface area contributed by atoms with Crippen molar-refractivity contribution in [3.63, 3.8) is 0 Å². The van der Waals surface area contributed by atoms with Crippen LogP contribution in [0.2, 0.25) is 5.02 Å². The molecule has 2 aliphatic rings. The lowest BCUT2D eigenvalue weighted by Gasteiger charge is -2.35. The van der Waals surface area contributed by atoms with E-state index in [1.807, 2.05) is 89.5 Å². The molecule has 380 valence electrons. The van der Waals surface area contributed by atoms with Crippen molar-refractivity contribution in [1.29, 1.82) is 10.8 Å². The monoisotopic (exact) mass is 1030 g/mol. The second kappa shape index (κ2) is 24.0. The predicted molar refractivity (Wildman–Crippen MR) is 288 cm³/mol. The maximum Gasteiger partial charge on any atom is 0.246 e. The highest BCUT2D eigenvalue weighted by molar-refractivity contribution is 7.17. The molecule has 2 aromatic heterocycles. The summed E-state index contributed by atoms with van der Waals surface area (Å²) < 4.78 is 11.7. The van der Waals surface area contributed by atoms with Crippen LogP contribution < -0.4 is 25.6 Å². The maximum absolute atomic E-state index is 14.0. The van der Waals surface area contributed by atoms with E-state index in [9.17, 15) is 24.6 Å². The summed E-state index contributed by atoms with van der Waals surface area (Å²) in [5.74, 6) is -0.445. The number of nitrogens with zero attached hydrogens (tertiary/aromatic N) is 4. The Kier molecular flexibility index (Phi) is 17.8. The van der Waals surface area contributed by atoms with Crippen LogP contribution in [0.3, 0.4) is 0 Å². The number of hydrogen-bond acceptors (Lipinski definition) is 12. The van der Waals surface area contributed by atoms with E-state index < -0.39 is 29.4 Å². The van der Waals surface area contributed by atoms with Crippen molar-refractivity contribution in [2.24, 2.45) is 10.4 Å². The molecule has 0 radical (unpaired) electrons. The van der Waals surface area contributed by atoms with Crippen LogP contribution in [0.5, 0.6) is 5.75 Å². The number of halogens is 1. The first kappa shape index (κ1) is 53.5. The predicted octanol–water partition coefficient (Wildman–Crippen LogP) is 9.88. The van der Waals surface area contributed by atoms with Crippen LogP contribution in [0.4, 0.5) is 10.7 Å². The van der Waals surface area contributed by atoms with Gasteiger partial charge in [-0.15, -0.1) is 22.7 Å². The molecule has 15 nitrogen and oxygen atoms in total. The molecule has 0 bridgehead atoms. The molecule has 3 atom stereocenters. The van der Waals surface area contributed by atoms with Crippen LogP contribution in [0.15, 0.2) is 83.3 Å². The molecule has 1 saturated heterocycles. The molecule has 0 saturated carbocycles. The Balaban J connectivity index is 0.832. The van der Waals surface area contributed by atoms with Gasteiger partial charge in [0.25, 0.3) is 0 Å². The van der Waals surface area contributed by atoms with Gasteiger partial charge in [0.15, 0.2) is 0 Å². The minimum atomic E-state index is -0.868. The SMILES string of the molecule is CC(=N)N1C(=N)[C@H](CC(=O)Nc2cccc(OCCCCCOCC(=O)N[C@H](C(=O)N3CCC[C@H]3C(=O)NCc3ccc(-c4scnc4C)cc3)C(C)(C)C)c2)N=C(c2ccc(Cl)cc2)c2c1sc(C)c2C. The molecule has 0 aliphatic carbocycles. The number of aromatic nitrogens is 1. The number of nitrogens with one attached hydrogen (secondary N) is 5. The van der Waals surface area contributed by atoms with Crippen LogP contribution in [0, 0.1) is 37.0 Å². The molecule has 4 amide bonds. The number of aryl methyl sites for hydroxylation is 2. The molecule has 1 fully saturated rings. The summed E-state index contributed by atoms with van der Waals surface area (Å²) in [6.45, 7) is 14.7. The van der Waals surface area contributed by atoms with E-state index in [2.05, 4.69) is 20.9 Å². The number of aliphatic imine (C=N–C) groups is 1. The highest BCUT2D eigenvalue weighted by atomic mass is 35.5. The summed E-state index contributed by atoms with van der Waals surface area (Å²) in [6.07, 6.45) is 3.31. The Bertz CT molecular complexity index is 2820. The van der Waals surface area contributed by atoms with Crippen molar-refractivity contribution >= 4 is 86.0 Å². The Hall–Kier alpha value is -6.27. The topological polar surface area (TPSA) is 202 Å². The molecule has 5 N–H and O–H groups in total. The number of hydrogen-bond donors (Lipinski definition) is 5. The minimum Gasteiger partial charge on any atom is -0.494 e. The average Bonchev–Trinajstić information content (AvgIpc) is 4.06. The Morgan fingerprint density at radius 2 is 1.67 bits per heavy atom. The number of ether oxygens (including phenoxy) is 2. The van der Waals surface area contributed by atoms with E-state index in [1.54, 1.807) is 58.4 Å². The molecule has 2 aliphatic heterocycles. The number of amidine groups is 2. The molecule has 5 aromatic rings. The second-order valence-electron chi connectivity index (χ2n) is 19.2. The fraction of sp³-hybridized carbons (Fsp3) is 0.407. The van der Waals surface area contributed by atoms with Crippen molar-refractivity contribution in [1.82, 2.24) is 20.5 Å². The number of fused-ring (bicyclic) bond motifs is 1. The number of likely N-dealkylation sites (tertiary alicyclic amines) is 1. The Labute approximate surface area is 434 Å². The highest BCUT2D eigenvalue weighted by Crippen LogP contribution is 2.40. The van der Waals surface area contributed by atoms with Gasteiger partial charge in [-0.3, -0.25) is 39.9 Å². The van der Waals surface area contributed by atoms with E-state index in [0.717, 1.165) is 61.1 Å². The van der Waals surface area contributed by atoms with Crippen LogP contribution in [0.1, 0.15) is 99.0 Å². The zero-order chi connectivity index (χ0) is 51.7. The molecule has 0 unspecified atom stereocenters. The largest absolute Gasteiger partial charge is 0.494 e. The fourth-order valence-electron chi connectivity index (χ4n) is 8.76. The molecular weight excluding hydrogens is 970 g/mol. The van der Waals surface area contributed by atoms with Crippen molar-refractivity contribution in [3.8, 4) is 16.2 Å². The molecule has 0 spiro atoms. The van der Waals surface area contributed by atoms with E-state index in [1.165, 1.54) is 11.3 Å². The summed E-state index contributed by atoms with van der Waals surface area (Å²) in [6, 6.07) is 20.2. The third-order valence-corrected chi connectivity index (χ3v) is 15.1. The maximum atomic E-state index is 14.0. The van der Waals surface area contributed by atoms with Gasteiger partial charge in [0.2, 0.25) is 23.6 Å². The van der Waals surface area contributed by atoms with Crippen molar-refractivity contribution in [2.75, 3.05) is 36.6 Å². The van der Waals surface area contributed by atoms with Crippen molar-refractivity contribution < 1.29 is 28.7 Å². The quantitative estimate of drug-likeness (QED) is 0.0305. The van der Waals surface area contributed by atoms with Crippen molar-refractivity contribution in [3.05, 3.63) is 116 Å². The lowest BCUT2D eigenvalue weighted by Crippen LogP contribution is -2.58. The smallest absolute Gasteiger partial charge is 0.246 e. The van der Waals surface area contributed by atoms with Crippen LogP contribution in [-0.4, -0.2) is 95.4 Å². The number of carbonyl (C=O) groups excluding carboxylic acids is 4. The van der Waals surface area contributed by atoms with Gasteiger partial charge in [0.05, 0.1) is 34.8 Å². The van der Waals surface area contributed by atoms with E-state index in [-0.39, 0.29) is 42.4 Å². The summed E-state index contributed by atoms with van der Waals surface area (Å²) in [5, 5.41) is 28.0. The highest BCUT2D eigenvalue weighted by Gasteiger charge is 2.42. The van der Waals surface area contributed by atoms with Crippen LogP contribution in [-0.2, 0) is 30.5 Å². The lowest BCUT2D eigenvalue weighted by molar-refractivity contribution is -0.144. The zero-order valence-electron chi connectivity index (χ0n) is 41.9. The Morgan fingerprint density at radius 3 is 2.36 bits per heavy atom. The molecular formula is C54H64ClN9O6S2. The number of benzene rings is 3. The van der Waals surface area contributed by atoms with Gasteiger partial charge in [-0.05, 0) is 106 Å². The average molecular weight is 1030 g/mol. The third-order valence-electron chi connectivity index (χ3n) is 12.7. The normalized spacial score (nSPS) is 16.1. The van der Waals surface area contributed by atoms with Gasteiger partial charge >= 0.3 is 0 Å². The summed E-state index contributed by atoms with van der Waals surface area (Å²) in [5.41, 5.74) is 8.06. The first-order valence-corrected chi connectivity index (χ1v) is 26.3. The molecule has 3 aromatic carbocycles. The molecule has 72 heavy (non-hydrogen) atoms. The number of carbonyl (C=O) groups is 4. The summed E-state index contributed by atoms with van der Waals surface area (Å²) in [7, 11) is 0. The molecule has 7 rings (SSSR count). The number of amides is 4. The van der Waals surface area contributed by atoms with Crippen molar-refractivity contribution in [2.45, 2.75) is 112 Å². The number of thiazole rings is 1. The van der Waals surface area contributed by atoms with Crippen LogP contribution >= 0.6 is 34.3 Å². The van der Waals surface area contributed by atoms with Crippen LogP contribution in [0.25, 0.3) is 10.4 Å². The minimum absolute atomic E-state index is 0.0448. The second-order valence-corrected chi connectivity index (χ2v) is 21.7. The number of thiophene rings is 1. The van der Waals surface area contributed by atoms with E-state index in [4.69, 9.17) is 31.5 Å². The Morgan fingerprint density at radius 1 is 0.944 bits per heavy atom. The van der Waals surface area contributed by atoms with Gasteiger partial charge in [-0.1, -0.05) is 74.8 Å². The van der Waals surface area contributed by atoms with Gasteiger partial charge < -0.3 is 30.3 Å². The van der Waals surface area contributed by atoms with Gasteiger partial charge in [0, 0.05) is 52.5 Å². The number of anilines is 2. The zero-order valence-corrected chi connectivity index (χ0v) is 44.3. The van der Waals surface area contributed by atoms with Gasteiger partial charge in [-0.2, -0.15) is 0 Å². The number of rotatable bonds is 19.